The molecule has 0 fully saturated rings. The molecule has 3 heteroatoms. The number of rotatable bonds is 8. The summed E-state index contributed by atoms with van der Waals surface area (Å²) in [6.07, 6.45) is 1.23. The van der Waals surface area contributed by atoms with Crippen molar-refractivity contribution in [1.29, 1.82) is 0 Å². The van der Waals surface area contributed by atoms with Crippen LogP contribution in [0.4, 0.5) is 0 Å². The molecule has 0 radical (unpaired) electrons. The van der Waals surface area contributed by atoms with Crippen molar-refractivity contribution in [3.63, 3.8) is 0 Å². The van der Waals surface area contributed by atoms with E-state index in [1.807, 2.05) is 19.2 Å². The fourth-order valence-corrected chi connectivity index (χ4v) is 2.35. The summed E-state index contributed by atoms with van der Waals surface area (Å²) >= 11 is 0. The quantitative estimate of drug-likeness (QED) is 0.781. The SMILES string of the molecule is CCC(C)CN(C)CC(NC)c1ccccc1OC. The minimum absolute atomic E-state index is 0.296. The van der Waals surface area contributed by atoms with Gasteiger partial charge in [0.1, 0.15) is 5.75 Å². The Morgan fingerprint density at radius 2 is 1.95 bits per heavy atom. The average Bonchev–Trinajstić information content (AvgIpc) is 2.44. The summed E-state index contributed by atoms with van der Waals surface area (Å²) < 4.78 is 5.45. The Kier molecular flexibility index (Phi) is 6.89. The number of nitrogens with one attached hydrogen (secondary N) is 1. The van der Waals surface area contributed by atoms with Crippen LogP contribution in [-0.4, -0.2) is 39.2 Å². The lowest BCUT2D eigenvalue weighted by atomic mass is 10.0. The van der Waals surface area contributed by atoms with Crippen molar-refractivity contribution in [2.24, 2.45) is 5.92 Å². The minimum atomic E-state index is 0.296. The van der Waals surface area contributed by atoms with Gasteiger partial charge >= 0.3 is 0 Å². The highest BCUT2D eigenvalue weighted by atomic mass is 16.5. The molecule has 3 nitrogen and oxygen atoms in total. The van der Waals surface area contributed by atoms with Crippen LogP contribution in [0.3, 0.4) is 0 Å². The number of para-hydroxylation sites is 1. The van der Waals surface area contributed by atoms with Gasteiger partial charge in [0.15, 0.2) is 0 Å². The Bertz CT molecular complexity index is 368. The van der Waals surface area contributed by atoms with Gasteiger partial charge < -0.3 is 15.0 Å². The van der Waals surface area contributed by atoms with Crippen LogP contribution in [0.2, 0.25) is 0 Å². The van der Waals surface area contributed by atoms with Crippen molar-refractivity contribution in [1.82, 2.24) is 10.2 Å². The first-order chi connectivity index (χ1) is 9.12. The molecule has 19 heavy (non-hydrogen) atoms. The summed E-state index contributed by atoms with van der Waals surface area (Å²) in [6, 6.07) is 8.53. The Hall–Kier alpha value is -1.06. The number of hydrogen-bond acceptors (Lipinski definition) is 3. The lowest BCUT2D eigenvalue weighted by Crippen LogP contribution is -2.33. The topological polar surface area (TPSA) is 24.5 Å². The molecule has 0 aliphatic rings. The summed E-state index contributed by atoms with van der Waals surface area (Å²) in [5.74, 6) is 1.69. The lowest BCUT2D eigenvalue weighted by Gasteiger charge is -2.27. The molecule has 0 heterocycles. The van der Waals surface area contributed by atoms with Crippen LogP contribution in [0.25, 0.3) is 0 Å². The van der Waals surface area contributed by atoms with Crippen molar-refractivity contribution in [3.8, 4) is 5.75 Å². The van der Waals surface area contributed by atoms with E-state index in [0.717, 1.165) is 24.8 Å². The van der Waals surface area contributed by atoms with Gasteiger partial charge in [0.05, 0.1) is 7.11 Å². The molecule has 0 amide bonds. The van der Waals surface area contributed by atoms with Crippen LogP contribution in [0, 0.1) is 5.92 Å². The van der Waals surface area contributed by atoms with Crippen LogP contribution in [0.15, 0.2) is 24.3 Å². The zero-order valence-corrected chi connectivity index (χ0v) is 12.9. The maximum Gasteiger partial charge on any atom is 0.123 e. The fourth-order valence-electron chi connectivity index (χ4n) is 2.35. The molecule has 0 aliphatic carbocycles. The largest absolute Gasteiger partial charge is 0.496 e. The molecule has 1 N–H and O–H groups in total. The van der Waals surface area contributed by atoms with Gasteiger partial charge in [-0.15, -0.1) is 0 Å². The van der Waals surface area contributed by atoms with Crippen LogP contribution in [0.1, 0.15) is 31.9 Å². The number of ether oxygens (including phenoxy) is 1. The number of likely N-dealkylation sites (N-methyl/N-ethyl adjacent to an activating group) is 2. The highest BCUT2D eigenvalue weighted by molar-refractivity contribution is 5.36. The van der Waals surface area contributed by atoms with Crippen LogP contribution < -0.4 is 10.1 Å². The second-order valence-corrected chi connectivity index (χ2v) is 5.32. The zero-order chi connectivity index (χ0) is 14.3. The normalized spacial score (nSPS) is 14.4. The lowest BCUT2D eigenvalue weighted by molar-refractivity contribution is 0.254. The Balaban J connectivity index is 2.72. The van der Waals surface area contributed by atoms with E-state index in [2.05, 4.69) is 43.2 Å². The molecule has 1 aromatic rings. The molecule has 1 aromatic carbocycles. The van der Waals surface area contributed by atoms with Gasteiger partial charge in [0, 0.05) is 24.7 Å². The van der Waals surface area contributed by atoms with E-state index in [-0.39, 0.29) is 0 Å². The molecule has 0 bridgehead atoms. The maximum absolute atomic E-state index is 5.45. The standard InChI is InChI=1S/C16H28N2O/c1-6-13(2)11-18(4)12-15(17-3)14-9-7-8-10-16(14)19-5/h7-10,13,15,17H,6,11-12H2,1-5H3. The molecule has 0 spiro atoms. The van der Waals surface area contributed by atoms with Gasteiger partial charge in [-0.05, 0) is 26.1 Å². The molecule has 1 rings (SSSR count). The van der Waals surface area contributed by atoms with E-state index in [4.69, 9.17) is 4.74 Å². The Labute approximate surface area is 118 Å². The molecule has 0 saturated carbocycles. The molecule has 0 aromatic heterocycles. The number of hydrogen-bond donors (Lipinski definition) is 1. The fraction of sp³-hybridized carbons (Fsp3) is 0.625. The van der Waals surface area contributed by atoms with E-state index in [1.54, 1.807) is 7.11 Å². The highest BCUT2D eigenvalue weighted by Gasteiger charge is 2.16. The third-order valence-corrected chi connectivity index (χ3v) is 3.68. The van der Waals surface area contributed by atoms with Gasteiger partial charge in [-0.1, -0.05) is 38.5 Å². The van der Waals surface area contributed by atoms with E-state index in [0.29, 0.717) is 6.04 Å². The van der Waals surface area contributed by atoms with Crippen molar-refractivity contribution >= 4 is 0 Å². The summed E-state index contributed by atoms with van der Waals surface area (Å²) in [4.78, 5) is 2.39. The van der Waals surface area contributed by atoms with Crippen molar-refractivity contribution in [2.75, 3.05) is 34.3 Å². The number of methoxy groups -OCH3 is 1. The third-order valence-electron chi connectivity index (χ3n) is 3.68. The molecule has 2 atom stereocenters. The first-order valence-electron chi connectivity index (χ1n) is 7.11. The van der Waals surface area contributed by atoms with Gasteiger partial charge in [0.2, 0.25) is 0 Å². The first kappa shape index (κ1) is 16.0. The van der Waals surface area contributed by atoms with Gasteiger partial charge in [-0.3, -0.25) is 0 Å². The van der Waals surface area contributed by atoms with Crippen LogP contribution >= 0.6 is 0 Å². The average molecular weight is 264 g/mol. The molecular formula is C16H28N2O. The Morgan fingerprint density at radius 3 is 2.53 bits per heavy atom. The molecule has 108 valence electrons. The van der Waals surface area contributed by atoms with Gasteiger partial charge in [-0.2, -0.15) is 0 Å². The van der Waals surface area contributed by atoms with Crippen molar-refractivity contribution in [2.45, 2.75) is 26.3 Å². The maximum atomic E-state index is 5.45. The van der Waals surface area contributed by atoms with Crippen molar-refractivity contribution < 1.29 is 4.74 Å². The smallest absolute Gasteiger partial charge is 0.123 e. The second-order valence-electron chi connectivity index (χ2n) is 5.32. The Morgan fingerprint density at radius 1 is 1.26 bits per heavy atom. The minimum Gasteiger partial charge on any atom is -0.496 e. The number of benzene rings is 1. The highest BCUT2D eigenvalue weighted by Crippen LogP contribution is 2.25. The molecule has 2 unspecified atom stereocenters. The second kappa shape index (κ2) is 8.18. The molecule has 0 saturated heterocycles. The molecular weight excluding hydrogens is 236 g/mol. The predicted molar refractivity (Wildman–Crippen MR) is 81.7 cm³/mol. The van der Waals surface area contributed by atoms with Gasteiger partial charge in [-0.25, -0.2) is 0 Å². The monoisotopic (exact) mass is 264 g/mol. The predicted octanol–water partition coefficient (Wildman–Crippen LogP) is 2.93. The van der Waals surface area contributed by atoms with E-state index in [9.17, 15) is 0 Å². The molecule has 0 aliphatic heterocycles. The van der Waals surface area contributed by atoms with E-state index in [1.165, 1.54) is 12.0 Å². The van der Waals surface area contributed by atoms with Gasteiger partial charge in [0.25, 0.3) is 0 Å². The summed E-state index contributed by atoms with van der Waals surface area (Å²) in [5.41, 5.74) is 1.23. The first-order valence-corrected chi connectivity index (χ1v) is 7.11. The number of nitrogens with zero attached hydrogens (tertiary/aromatic N) is 1. The van der Waals surface area contributed by atoms with Crippen LogP contribution in [0.5, 0.6) is 5.75 Å². The third kappa shape index (κ3) is 4.84. The van der Waals surface area contributed by atoms with Crippen LogP contribution in [-0.2, 0) is 0 Å². The van der Waals surface area contributed by atoms with E-state index >= 15 is 0 Å². The summed E-state index contributed by atoms with van der Waals surface area (Å²) in [7, 11) is 5.93. The summed E-state index contributed by atoms with van der Waals surface area (Å²) in [6.45, 7) is 6.66. The van der Waals surface area contributed by atoms with E-state index < -0.39 is 0 Å². The summed E-state index contributed by atoms with van der Waals surface area (Å²) in [5, 5.41) is 3.39. The van der Waals surface area contributed by atoms with Crippen molar-refractivity contribution in [3.05, 3.63) is 29.8 Å². The zero-order valence-electron chi connectivity index (χ0n) is 12.9.